The van der Waals surface area contributed by atoms with Gasteiger partial charge in [-0.15, -0.1) is 0 Å². The van der Waals surface area contributed by atoms with Crippen molar-refractivity contribution in [2.45, 2.75) is 25.9 Å². The fourth-order valence-electron chi connectivity index (χ4n) is 2.57. The molecule has 3 aromatic rings. The maximum Gasteiger partial charge on any atom is 0.307 e. The molecule has 12 heteroatoms. The second-order valence-corrected chi connectivity index (χ2v) is 6.56. The Balaban J connectivity index is 1.50. The molecule has 2 aromatic carbocycles. The van der Waals surface area contributed by atoms with Gasteiger partial charge in [0.1, 0.15) is 5.82 Å². The Morgan fingerprint density at radius 3 is 2.62 bits per heavy atom. The Labute approximate surface area is 179 Å². The van der Waals surface area contributed by atoms with Gasteiger partial charge in [-0.05, 0) is 43.3 Å². The van der Waals surface area contributed by atoms with Gasteiger partial charge in [0.15, 0.2) is 6.10 Å². The Kier molecular flexibility index (Phi) is 6.83. The zero-order valence-electron chi connectivity index (χ0n) is 16.6. The van der Waals surface area contributed by atoms with Gasteiger partial charge in [0.05, 0.1) is 11.3 Å². The molecule has 0 aliphatic rings. The van der Waals surface area contributed by atoms with Gasteiger partial charge in [0, 0.05) is 23.7 Å². The fourth-order valence-corrected chi connectivity index (χ4v) is 2.57. The van der Waals surface area contributed by atoms with Gasteiger partial charge >= 0.3 is 11.7 Å². The number of rotatable bonds is 8. The van der Waals surface area contributed by atoms with Gasteiger partial charge in [-0.1, -0.05) is 5.16 Å². The summed E-state index contributed by atoms with van der Waals surface area (Å²) in [7, 11) is 0. The van der Waals surface area contributed by atoms with Gasteiger partial charge in [0.2, 0.25) is 17.5 Å². The van der Waals surface area contributed by atoms with E-state index in [2.05, 4.69) is 15.5 Å². The molecule has 0 saturated carbocycles. The van der Waals surface area contributed by atoms with Crippen molar-refractivity contribution in [3.8, 4) is 11.4 Å². The quantitative estimate of drug-likeness (QED) is 0.316. The number of aromatic nitrogens is 2. The highest BCUT2D eigenvalue weighted by molar-refractivity contribution is 5.95. The Bertz CT molecular complexity index is 1150. The van der Waals surface area contributed by atoms with Crippen LogP contribution in [0.1, 0.15) is 19.2 Å². The number of carbonyl (C=O) groups excluding carboxylic acids is 2. The molecule has 1 N–H and O–H groups in total. The van der Waals surface area contributed by atoms with Crippen molar-refractivity contribution in [1.82, 2.24) is 10.1 Å². The SMILES string of the molecule is CC(OC(=O)CCc1nc(-c2ccc(F)cc2)no1)C(=O)Nc1ccc(F)c([N+](=O)[O-])c1. The summed E-state index contributed by atoms with van der Waals surface area (Å²) < 4.78 is 36.4. The molecular formula is C20H16F2N4O6. The fraction of sp³-hybridized carbons (Fsp3) is 0.200. The minimum absolute atomic E-state index is 0.0230. The maximum absolute atomic E-state index is 13.4. The van der Waals surface area contributed by atoms with E-state index in [9.17, 15) is 28.5 Å². The van der Waals surface area contributed by atoms with E-state index in [0.29, 0.717) is 5.56 Å². The molecule has 1 amide bonds. The van der Waals surface area contributed by atoms with Crippen LogP contribution in [0.3, 0.4) is 0 Å². The highest BCUT2D eigenvalue weighted by Crippen LogP contribution is 2.22. The number of nitrogens with zero attached hydrogens (tertiary/aromatic N) is 3. The Morgan fingerprint density at radius 1 is 1.22 bits per heavy atom. The number of hydrogen-bond acceptors (Lipinski definition) is 8. The van der Waals surface area contributed by atoms with Crippen LogP contribution in [0.5, 0.6) is 0 Å². The van der Waals surface area contributed by atoms with Crippen LogP contribution in [0, 0.1) is 21.7 Å². The molecule has 166 valence electrons. The lowest BCUT2D eigenvalue weighted by Crippen LogP contribution is -2.30. The minimum Gasteiger partial charge on any atom is -0.453 e. The van der Waals surface area contributed by atoms with Crippen LogP contribution in [0.4, 0.5) is 20.2 Å². The third kappa shape index (κ3) is 5.68. The second kappa shape index (κ2) is 9.73. The summed E-state index contributed by atoms with van der Waals surface area (Å²) in [5, 5.41) is 16.8. The highest BCUT2D eigenvalue weighted by atomic mass is 19.1. The van der Waals surface area contributed by atoms with Gasteiger partial charge in [0.25, 0.3) is 5.91 Å². The number of esters is 1. The van der Waals surface area contributed by atoms with E-state index in [4.69, 9.17) is 9.26 Å². The third-order valence-corrected chi connectivity index (χ3v) is 4.20. The van der Waals surface area contributed by atoms with E-state index >= 15 is 0 Å². The van der Waals surface area contributed by atoms with Crippen LogP contribution >= 0.6 is 0 Å². The number of aryl methyl sites for hydroxylation is 1. The van der Waals surface area contributed by atoms with E-state index in [1.807, 2.05) is 0 Å². The van der Waals surface area contributed by atoms with Crippen molar-refractivity contribution < 1.29 is 32.6 Å². The first-order chi connectivity index (χ1) is 15.2. The molecule has 1 heterocycles. The van der Waals surface area contributed by atoms with Crippen molar-refractivity contribution in [1.29, 1.82) is 0 Å². The standard InChI is InChI=1S/C20H16F2N4O6/c1-11(20(28)23-14-6-7-15(22)16(10-14)26(29)30)31-18(27)9-8-17-24-19(25-32-17)12-2-4-13(21)5-3-12/h2-7,10-11H,8-9H2,1H3,(H,23,28). The number of nitro groups is 1. The monoisotopic (exact) mass is 446 g/mol. The molecule has 10 nitrogen and oxygen atoms in total. The molecule has 0 spiro atoms. The predicted molar refractivity (Wildman–Crippen MR) is 105 cm³/mol. The molecule has 3 rings (SSSR count). The average molecular weight is 446 g/mol. The molecule has 32 heavy (non-hydrogen) atoms. The van der Waals surface area contributed by atoms with Crippen molar-refractivity contribution in [2.75, 3.05) is 5.32 Å². The molecule has 0 radical (unpaired) electrons. The van der Waals surface area contributed by atoms with Gasteiger partial charge in [-0.2, -0.15) is 9.37 Å². The summed E-state index contributed by atoms with van der Waals surface area (Å²) in [6.45, 7) is 1.31. The van der Waals surface area contributed by atoms with E-state index in [1.54, 1.807) is 0 Å². The van der Waals surface area contributed by atoms with Crippen LogP contribution in [0.25, 0.3) is 11.4 Å². The lowest BCUT2D eigenvalue weighted by atomic mass is 10.2. The summed E-state index contributed by atoms with van der Waals surface area (Å²) in [5.41, 5.74) is -0.285. The molecule has 0 bridgehead atoms. The third-order valence-electron chi connectivity index (χ3n) is 4.20. The van der Waals surface area contributed by atoms with E-state index in [1.165, 1.54) is 31.2 Å². The number of carbonyl (C=O) groups is 2. The van der Waals surface area contributed by atoms with Gasteiger partial charge in [-0.3, -0.25) is 19.7 Å². The molecule has 0 aliphatic heterocycles. The smallest absolute Gasteiger partial charge is 0.307 e. The Morgan fingerprint density at radius 2 is 1.94 bits per heavy atom. The van der Waals surface area contributed by atoms with Crippen molar-refractivity contribution in [3.05, 3.63) is 70.1 Å². The predicted octanol–water partition coefficient (Wildman–Crippen LogP) is 3.43. The van der Waals surface area contributed by atoms with Crippen LogP contribution < -0.4 is 5.32 Å². The van der Waals surface area contributed by atoms with Crippen LogP contribution in [-0.4, -0.2) is 33.0 Å². The summed E-state index contributed by atoms with van der Waals surface area (Å²) in [5.74, 6) is -2.55. The van der Waals surface area contributed by atoms with Crippen molar-refractivity contribution in [2.24, 2.45) is 0 Å². The van der Waals surface area contributed by atoms with E-state index < -0.39 is 40.2 Å². The lowest BCUT2D eigenvalue weighted by molar-refractivity contribution is -0.387. The summed E-state index contributed by atoms with van der Waals surface area (Å²) in [6.07, 6.45) is -1.33. The number of halogens is 2. The number of hydrogen-bond donors (Lipinski definition) is 1. The molecule has 0 aliphatic carbocycles. The van der Waals surface area contributed by atoms with E-state index in [-0.39, 0.29) is 30.2 Å². The molecule has 1 unspecified atom stereocenters. The maximum atomic E-state index is 13.4. The second-order valence-electron chi connectivity index (χ2n) is 6.56. The number of nitro benzene ring substituents is 1. The minimum atomic E-state index is -1.22. The summed E-state index contributed by atoms with van der Waals surface area (Å²) >= 11 is 0. The van der Waals surface area contributed by atoms with E-state index in [0.717, 1.165) is 18.2 Å². The largest absolute Gasteiger partial charge is 0.453 e. The zero-order valence-corrected chi connectivity index (χ0v) is 16.6. The van der Waals surface area contributed by atoms with Crippen molar-refractivity contribution >= 4 is 23.3 Å². The Hall–Kier alpha value is -4.22. The molecular weight excluding hydrogens is 430 g/mol. The number of anilines is 1. The van der Waals surface area contributed by atoms with Crippen LogP contribution in [0.15, 0.2) is 47.0 Å². The number of benzene rings is 2. The van der Waals surface area contributed by atoms with Crippen LogP contribution in [-0.2, 0) is 20.7 Å². The first kappa shape index (κ1) is 22.5. The molecule has 1 atom stereocenters. The topological polar surface area (TPSA) is 137 Å². The zero-order chi connectivity index (χ0) is 23.3. The molecule has 0 fully saturated rings. The van der Waals surface area contributed by atoms with Crippen LogP contribution in [0.2, 0.25) is 0 Å². The average Bonchev–Trinajstić information content (AvgIpc) is 3.23. The number of amides is 1. The molecule has 0 saturated heterocycles. The highest BCUT2D eigenvalue weighted by Gasteiger charge is 2.21. The summed E-state index contributed by atoms with van der Waals surface area (Å²) in [6, 6.07) is 8.30. The van der Waals surface area contributed by atoms with Gasteiger partial charge in [-0.25, -0.2) is 4.39 Å². The lowest BCUT2D eigenvalue weighted by Gasteiger charge is -2.13. The number of ether oxygens (including phenoxy) is 1. The first-order valence-electron chi connectivity index (χ1n) is 9.25. The normalized spacial score (nSPS) is 11.6. The summed E-state index contributed by atoms with van der Waals surface area (Å²) in [4.78, 5) is 38.1. The number of nitrogens with one attached hydrogen (secondary N) is 1. The first-order valence-corrected chi connectivity index (χ1v) is 9.25. The van der Waals surface area contributed by atoms with Gasteiger partial charge < -0.3 is 14.6 Å². The molecule has 1 aromatic heterocycles. The van der Waals surface area contributed by atoms with Crippen molar-refractivity contribution in [3.63, 3.8) is 0 Å².